The molecule has 0 saturated heterocycles. The molecule has 0 heterocycles. The first-order valence-corrected chi connectivity index (χ1v) is 8.15. The van der Waals surface area contributed by atoms with Crippen molar-refractivity contribution in [2.75, 3.05) is 47.1 Å². The molecule has 0 amide bonds. The van der Waals surface area contributed by atoms with Crippen LogP contribution < -0.4 is 5.73 Å². The Kier molecular flexibility index (Phi) is 8.69. The number of nitrogens with two attached hydrogens (primary N) is 1. The van der Waals surface area contributed by atoms with Crippen LogP contribution in [0.3, 0.4) is 0 Å². The normalized spacial score (nSPS) is 27.1. The van der Waals surface area contributed by atoms with Crippen molar-refractivity contribution in [2.45, 2.75) is 51.0 Å². The summed E-state index contributed by atoms with van der Waals surface area (Å²) in [6.07, 6.45) is 7.49. The lowest BCUT2D eigenvalue weighted by molar-refractivity contribution is 0.0165. The average Bonchev–Trinajstić information content (AvgIpc) is 2.51. The highest BCUT2D eigenvalue weighted by atomic mass is 16.5. The summed E-state index contributed by atoms with van der Waals surface area (Å²) in [5.41, 5.74) is 6.38. The first-order valence-electron chi connectivity index (χ1n) is 8.15. The molecular weight excluding hydrogens is 252 g/mol. The minimum atomic E-state index is 0.192. The van der Waals surface area contributed by atoms with Gasteiger partial charge in [0.05, 0.1) is 6.61 Å². The molecule has 4 heteroatoms. The van der Waals surface area contributed by atoms with E-state index in [0.717, 1.165) is 45.2 Å². The van der Waals surface area contributed by atoms with Gasteiger partial charge in [0.15, 0.2) is 0 Å². The van der Waals surface area contributed by atoms with Gasteiger partial charge in [0, 0.05) is 46.0 Å². The molecule has 0 radical (unpaired) electrons. The maximum Gasteiger partial charge on any atom is 0.0589 e. The maximum absolute atomic E-state index is 6.19. The zero-order valence-corrected chi connectivity index (χ0v) is 13.7. The van der Waals surface area contributed by atoms with Gasteiger partial charge in [-0.2, -0.15) is 0 Å². The van der Waals surface area contributed by atoms with E-state index in [1.807, 2.05) is 0 Å². The molecule has 120 valence electrons. The topological polar surface area (TPSA) is 47.7 Å². The zero-order chi connectivity index (χ0) is 14.8. The van der Waals surface area contributed by atoms with Gasteiger partial charge in [-0.1, -0.05) is 13.3 Å². The van der Waals surface area contributed by atoms with Crippen molar-refractivity contribution in [1.82, 2.24) is 4.90 Å². The number of hydrogen-bond donors (Lipinski definition) is 1. The minimum Gasteiger partial charge on any atom is -0.385 e. The Hall–Kier alpha value is -0.160. The summed E-state index contributed by atoms with van der Waals surface area (Å²) >= 11 is 0. The van der Waals surface area contributed by atoms with Gasteiger partial charge in [-0.15, -0.1) is 0 Å². The van der Waals surface area contributed by atoms with E-state index in [4.69, 9.17) is 15.2 Å². The predicted molar refractivity (Wildman–Crippen MR) is 84.0 cm³/mol. The number of ether oxygens (including phenoxy) is 2. The van der Waals surface area contributed by atoms with E-state index in [1.54, 1.807) is 14.2 Å². The second-order valence-electron chi connectivity index (χ2n) is 6.11. The van der Waals surface area contributed by atoms with Gasteiger partial charge in [-0.3, -0.25) is 4.90 Å². The maximum atomic E-state index is 6.19. The molecule has 0 spiro atoms. The molecule has 0 aliphatic heterocycles. The Labute approximate surface area is 125 Å². The molecule has 0 bridgehead atoms. The van der Waals surface area contributed by atoms with Crippen LogP contribution in [0.15, 0.2) is 0 Å². The molecule has 1 fully saturated rings. The Morgan fingerprint density at radius 1 is 1.10 bits per heavy atom. The highest BCUT2D eigenvalue weighted by Crippen LogP contribution is 2.37. The van der Waals surface area contributed by atoms with Crippen LogP contribution in [0.2, 0.25) is 0 Å². The van der Waals surface area contributed by atoms with Gasteiger partial charge in [0.25, 0.3) is 0 Å². The monoisotopic (exact) mass is 286 g/mol. The lowest BCUT2D eigenvalue weighted by Crippen LogP contribution is -2.57. The highest BCUT2D eigenvalue weighted by molar-refractivity contribution is 4.95. The Morgan fingerprint density at radius 3 is 2.25 bits per heavy atom. The van der Waals surface area contributed by atoms with Crippen molar-refractivity contribution in [1.29, 1.82) is 0 Å². The summed E-state index contributed by atoms with van der Waals surface area (Å²) in [6.45, 7) is 6.72. The molecule has 4 nitrogen and oxygen atoms in total. The van der Waals surface area contributed by atoms with Crippen molar-refractivity contribution < 1.29 is 9.47 Å². The average molecular weight is 286 g/mol. The number of methoxy groups -OCH3 is 2. The molecule has 0 atom stereocenters. The third-order valence-electron chi connectivity index (χ3n) is 5.01. The SMILES string of the molecule is CCC1CCC(CN)(N(CCCOC)CCOC)CC1. The van der Waals surface area contributed by atoms with Crippen LogP contribution in [-0.2, 0) is 9.47 Å². The molecule has 20 heavy (non-hydrogen) atoms. The van der Waals surface area contributed by atoms with Crippen molar-refractivity contribution in [2.24, 2.45) is 11.7 Å². The molecule has 0 aromatic heterocycles. The summed E-state index contributed by atoms with van der Waals surface area (Å²) in [6, 6.07) is 0. The predicted octanol–water partition coefficient (Wildman–Crippen LogP) is 2.27. The smallest absolute Gasteiger partial charge is 0.0589 e. The molecule has 0 unspecified atom stereocenters. The lowest BCUT2D eigenvalue weighted by Gasteiger charge is -2.47. The summed E-state index contributed by atoms with van der Waals surface area (Å²) in [7, 11) is 3.54. The van der Waals surface area contributed by atoms with Gasteiger partial charge < -0.3 is 15.2 Å². The first-order chi connectivity index (χ1) is 9.72. The Balaban J connectivity index is 2.63. The van der Waals surface area contributed by atoms with Crippen LogP contribution in [0.5, 0.6) is 0 Å². The fraction of sp³-hybridized carbons (Fsp3) is 1.00. The van der Waals surface area contributed by atoms with Gasteiger partial charge in [0.1, 0.15) is 0 Å². The van der Waals surface area contributed by atoms with Crippen LogP contribution in [0.4, 0.5) is 0 Å². The number of nitrogens with zero attached hydrogens (tertiary/aromatic N) is 1. The molecule has 1 rings (SSSR count). The molecule has 0 aromatic rings. The molecule has 0 aromatic carbocycles. The van der Waals surface area contributed by atoms with E-state index in [0.29, 0.717) is 0 Å². The largest absolute Gasteiger partial charge is 0.385 e. The van der Waals surface area contributed by atoms with Gasteiger partial charge in [0.2, 0.25) is 0 Å². The van der Waals surface area contributed by atoms with E-state index in [1.165, 1.54) is 32.1 Å². The molecular formula is C16H34N2O2. The second-order valence-corrected chi connectivity index (χ2v) is 6.11. The van der Waals surface area contributed by atoms with Gasteiger partial charge in [-0.05, 0) is 38.0 Å². The Morgan fingerprint density at radius 2 is 1.75 bits per heavy atom. The van der Waals surface area contributed by atoms with Crippen LogP contribution in [0, 0.1) is 5.92 Å². The highest BCUT2D eigenvalue weighted by Gasteiger charge is 2.38. The zero-order valence-electron chi connectivity index (χ0n) is 13.7. The fourth-order valence-electron chi connectivity index (χ4n) is 3.46. The first kappa shape index (κ1) is 17.9. The van der Waals surface area contributed by atoms with Crippen LogP contribution >= 0.6 is 0 Å². The second kappa shape index (κ2) is 9.72. The quantitative estimate of drug-likeness (QED) is 0.626. The molecule has 1 aliphatic carbocycles. The van der Waals surface area contributed by atoms with E-state index in [2.05, 4.69) is 11.8 Å². The summed E-state index contributed by atoms with van der Waals surface area (Å²) in [5, 5.41) is 0. The van der Waals surface area contributed by atoms with Crippen LogP contribution in [0.1, 0.15) is 45.4 Å². The number of hydrogen-bond acceptors (Lipinski definition) is 4. The van der Waals surface area contributed by atoms with Crippen molar-refractivity contribution >= 4 is 0 Å². The summed E-state index contributed by atoms with van der Waals surface area (Å²) in [5.74, 6) is 0.901. The van der Waals surface area contributed by atoms with Gasteiger partial charge >= 0.3 is 0 Å². The number of rotatable bonds is 10. The van der Waals surface area contributed by atoms with E-state index >= 15 is 0 Å². The lowest BCUT2D eigenvalue weighted by atomic mass is 9.74. The third-order valence-corrected chi connectivity index (χ3v) is 5.01. The van der Waals surface area contributed by atoms with Crippen LogP contribution in [-0.4, -0.2) is 57.5 Å². The van der Waals surface area contributed by atoms with E-state index < -0.39 is 0 Å². The fourth-order valence-corrected chi connectivity index (χ4v) is 3.46. The summed E-state index contributed by atoms with van der Waals surface area (Å²) < 4.78 is 10.5. The minimum absolute atomic E-state index is 0.192. The Bertz CT molecular complexity index is 241. The van der Waals surface area contributed by atoms with Crippen molar-refractivity contribution in [3.63, 3.8) is 0 Å². The standard InChI is InChI=1S/C16H34N2O2/c1-4-15-6-8-16(14-17,9-7-15)18(11-13-20-3)10-5-12-19-2/h15H,4-14,17H2,1-3H3. The van der Waals surface area contributed by atoms with Crippen molar-refractivity contribution in [3.05, 3.63) is 0 Å². The van der Waals surface area contributed by atoms with Gasteiger partial charge in [-0.25, -0.2) is 0 Å². The van der Waals surface area contributed by atoms with E-state index in [-0.39, 0.29) is 5.54 Å². The third kappa shape index (κ3) is 4.99. The molecule has 1 saturated carbocycles. The summed E-state index contributed by atoms with van der Waals surface area (Å²) in [4.78, 5) is 2.57. The van der Waals surface area contributed by atoms with E-state index in [9.17, 15) is 0 Å². The van der Waals surface area contributed by atoms with Crippen molar-refractivity contribution in [3.8, 4) is 0 Å². The van der Waals surface area contributed by atoms with Crippen LogP contribution in [0.25, 0.3) is 0 Å². The molecule has 2 N–H and O–H groups in total. The molecule has 1 aliphatic rings.